The van der Waals surface area contributed by atoms with E-state index in [-0.39, 0.29) is 23.5 Å². The fraction of sp³-hybridized carbons (Fsp3) is 0.545. The molecule has 1 amide bonds. The number of hydrogen-bond acceptors (Lipinski definition) is 7. The molecule has 0 bridgehead atoms. The molecule has 1 saturated heterocycles. The normalized spacial score (nSPS) is 18.2. The zero-order valence-corrected chi connectivity index (χ0v) is 11.0. The number of carbonyl (C=O) groups excluding carboxylic acids is 1. The van der Waals surface area contributed by atoms with Gasteiger partial charge in [0.05, 0.1) is 4.92 Å². The molecule has 3 N–H and O–H groups in total. The Kier molecular flexibility index (Phi) is 4.28. The van der Waals surface area contributed by atoms with Gasteiger partial charge < -0.3 is 16.0 Å². The summed E-state index contributed by atoms with van der Waals surface area (Å²) in [6.07, 6.45) is 2.19. The Morgan fingerprint density at radius 1 is 1.60 bits per heavy atom. The Hall–Kier alpha value is -2.45. The molecule has 1 aromatic rings. The quantitative estimate of drug-likeness (QED) is 0.530. The van der Waals surface area contributed by atoms with Crippen LogP contribution < -0.4 is 16.0 Å². The first kappa shape index (κ1) is 14.0. The van der Waals surface area contributed by atoms with Gasteiger partial charge in [0.25, 0.3) is 0 Å². The van der Waals surface area contributed by atoms with Crippen LogP contribution in [0.4, 0.5) is 17.5 Å². The van der Waals surface area contributed by atoms with Crippen molar-refractivity contribution in [3.8, 4) is 0 Å². The van der Waals surface area contributed by atoms with Crippen LogP contribution in [-0.2, 0) is 4.79 Å². The number of anilines is 2. The molecule has 108 valence electrons. The van der Waals surface area contributed by atoms with E-state index in [9.17, 15) is 14.9 Å². The molecule has 0 aromatic carbocycles. The predicted molar refractivity (Wildman–Crippen MR) is 72.5 cm³/mol. The SMILES string of the molecule is CCNc1ncc([N+](=O)[O-])c(NC2CCC(=O)NC2)n1. The lowest BCUT2D eigenvalue weighted by molar-refractivity contribution is -0.384. The Balaban J connectivity index is 2.16. The van der Waals surface area contributed by atoms with E-state index in [1.165, 1.54) is 6.20 Å². The summed E-state index contributed by atoms with van der Waals surface area (Å²) >= 11 is 0. The highest BCUT2D eigenvalue weighted by Crippen LogP contribution is 2.23. The number of carbonyl (C=O) groups is 1. The number of nitro groups is 1. The number of nitrogens with one attached hydrogen (secondary N) is 3. The molecule has 2 rings (SSSR count). The molecule has 1 fully saturated rings. The lowest BCUT2D eigenvalue weighted by Crippen LogP contribution is -2.42. The van der Waals surface area contributed by atoms with Gasteiger partial charge in [-0.05, 0) is 13.3 Å². The summed E-state index contributed by atoms with van der Waals surface area (Å²) in [5.41, 5.74) is -0.177. The molecule has 1 aliphatic heterocycles. The zero-order chi connectivity index (χ0) is 14.5. The lowest BCUT2D eigenvalue weighted by Gasteiger charge is -2.23. The first-order valence-electron chi connectivity index (χ1n) is 6.38. The zero-order valence-electron chi connectivity index (χ0n) is 11.0. The summed E-state index contributed by atoms with van der Waals surface area (Å²) in [5.74, 6) is 0.496. The van der Waals surface area contributed by atoms with Crippen molar-refractivity contribution in [2.45, 2.75) is 25.8 Å². The Morgan fingerprint density at radius 2 is 2.40 bits per heavy atom. The molecule has 1 aliphatic rings. The van der Waals surface area contributed by atoms with Crippen LogP contribution in [0.25, 0.3) is 0 Å². The van der Waals surface area contributed by atoms with E-state index in [4.69, 9.17) is 0 Å². The maximum absolute atomic E-state index is 11.1. The third-order valence-electron chi connectivity index (χ3n) is 2.91. The number of rotatable bonds is 5. The van der Waals surface area contributed by atoms with Gasteiger partial charge in [0.1, 0.15) is 6.20 Å². The van der Waals surface area contributed by atoms with E-state index in [1.54, 1.807) is 0 Å². The molecule has 0 aliphatic carbocycles. The van der Waals surface area contributed by atoms with E-state index in [1.807, 2.05) is 6.92 Å². The summed E-state index contributed by atoms with van der Waals surface area (Å²) < 4.78 is 0. The minimum absolute atomic E-state index is 0.00595. The molecule has 0 saturated carbocycles. The second kappa shape index (κ2) is 6.13. The highest BCUT2D eigenvalue weighted by molar-refractivity contribution is 5.77. The average Bonchev–Trinajstić information content (AvgIpc) is 2.42. The molecular formula is C11H16N6O3. The van der Waals surface area contributed by atoms with Gasteiger partial charge in [0.2, 0.25) is 17.7 Å². The Bertz CT molecular complexity index is 511. The minimum Gasteiger partial charge on any atom is -0.360 e. The summed E-state index contributed by atoms with van der Waals surface area (Å²) in [7, 11) is 0. The molecule has 0 spiro atoms. The third kappa shape index (κ3) is 3.31. The van der Waals surface area contributed by atoms with Gasteiger partial charge >= 0.3 is 5.69 Å². The predicted octanol–water partition coefficient (Wildman–Crippen LogP) is 0.507. The van der Waals surface area contributed by atoms with Crippen molar-refractivity contribution < 1.29 is 9.72 Å². The van der Waals surface area contributed by atoms with Gasteiger partial charge in [-0.15, -0.1) is 0 Å². The molecule has 20 heavy (non-hydrogen) atoms. The smallest absolute Gasteiger partial charge is 0.329 e. The van der Waals surface area contributed by atoms with Crippen LogP contribution in [0.5, 0.6) is 0 Å². The van der Waals surface area contributed by atoms with Gasteiger partial charge in [-0.25, -0.2) is 4.98 Å². The van der Waals surface area contributed by atoms with Crippen LogP contribution in [-0.4, -0.2) is 39.9 Å². The maximum atomic E-state index is 11.1. The van der Waals surface area contributed by atoms with Crippen LogP contribution in [0.1, 0.15) is 19.8 Å². The number of hydrogen-bond donors (Lipinski definition) is 3. The molecule has 1 aromatic heterocycles. The molecule has 0 radical (unpaired) electrons. The van der Waals surface area contributed by atoms with E-state index in [0.717, 1.165) is 0 Å². The molecular weight excluding hydrogens is 264 g/mol. The lowest BCUT2D eigenvalue weighted by atomic mass is 10.1. The van der Waals surface area contributed by atoms with Crippen LogP contribution >= 0.6 is 0 Å². The van der Waals surface area contributed by atoms with Crippen molar-refractivity contribution >= 4 is 23.4 Å². The van der Waals surface area contributed by atoms with Crippen LogP contribution in [0.15, 0.2) is 6.20 Å². The van der Waals surface area contributed by atoms with Crippen LogP contribution in [0, 0.1) is 10.1 Å². The van der Waals surface area contributed by atoms with Gasteiger partial charge in [0.15, 0.2) is 0 Å². The topological polar surface area (TPSA) is 122 Å². The molecule has 9 nitrogen and oxygen atoms in total. The molecule has 2 heterocycles. The van der Waals surface area contributed by atoms with Crippen molar-refractivity contribution in [3.05, 3.63) is 16.3 Å². The van der Waals surface area contributed by atoms with Crippen molar-refractivity contribution in [1.82, 2.24) is 15.3 Å². The van der Waals surface area contributed by atoms with Gasteiger partial charge in [-0.3, -0.25) is 14.9 Å². The van der Waals surface area contributed by atoms with Crippen molar-refractivity contribution in [2.24, 2.45) is 0 Å². The van der Waals surface area contributed by atoms with Crippen molar-refractivity contribution in [2.75, 3.05) is 23.7 Å². The number of nitrogens with zero attached hydrogens (tertiary/aromatic N) is 3. The maximum Gasteiger partial charge on any atom is 0.329 e. The van der Waals surface area contributed by atoms with Crippen molar-refractivity contribution in [3.63, 3.8) is 0 Å². The standard InChI is InChI=1S/C11H16N6O3/c1-2-12-11-14-6-8(17(19)20)10(16-11)15-7-3-4-9(18)13-5-7/h6-7H,2-5H2,1H3,(H,13,18)(H2,12,14,15,16). The third-order valence-corrected chi connectivity index (χ3v) is 2.91. The number of aromatic nitrogens is 2. The van der Waals surface area contributed by atoms with Gasteiger partial charge in [-0.2, -0.15) is 4.98 Å². The fourth-order valence-corrected chi connectivity index (χ4v) is 1.91. The second-order valence-corrected chi connectivity index (χ2v) is 4.40. The Morgan fingerprint density at radius 3 is 3.00 bits per heavy atom. The Labute approximate surface area is 115 Å². The average molecular weight is 280 g/mol. The highest BCUT2D eigenvalue weighted by Gasteiger charge is 2.23. The van der Waals surface area contributed by atoms with E-state index >= 15 is 0 Å². The second-order valence-electron chi connectivity index (χ2n) is 4.40. The first-order chi connectivity index (χ1) is 9.60. The summed E-state index contributed by atoms with van der Waals surface area (Å²) in [6.45, 7) is 2.93. The van der Waals surface area contributed by atoms with Gasteiger partial charge in [-0.1, -0.05) is 0 Å². The van der Waals surface area contributed by atoms with Crippen LogP contribution in [0.2, 0.25) is 0 Å². The van der Waals surface area contributed by atoms with Crippen molar-refractivity contribution in [1.29, 1.82) is 0 Å². The fourth-order valence-electron chi connectivity index (χ4n) is 1.91. The van der Waals surface area contributed by atoms with Crippen LogP contribution in [0.3, 0.4) is 0 Å². The molecule has 1 unspecified atom stereocenters. The van der Waals surface area contributed by atoms with E-state index in [2.05, 4.69) is 25.9 Å². The molecule has 1 atom stereocenters. The highest BCUT2D eigenvalue weighted by atomic mass is 16.6. The number of amides is 1. The number of piperidine rings is 1. The molecule has 9 heteroatoms. The monoisotopic (exact) mass is 280 g/mol. The first-order valence-corrected chi connectivity index (χ1v) is 6.38. The van der Waals surface area contributed by atoms with E-state index < -0.39 is 4.92 Å². The van der Waals surface area contributed by atoms with E-state index in [0.29, 0.717) is 31.9 Å². The largest absolute Gasteiger partial charge is 0.360 e. The summed E-state index contributed by atoms with van der Waals surface area (Å²) in [6, 6.07) is -0.0734. The minimum atomic E-state index is -0.528. The summed E-state index contributed by atoms with van der Waals surface area (Å²) in [4.78, 5) is 29.5. The summed E-state index contributed by atoms with van der Waals surface area (Å²) in [5, 5.41) is 19.6. The van der Waals surface area contributed by atoms with Gasteiger partial charge in [0, 0.05) is 25.6 Å².